The van der Waals surface area contributed by atoms with E-state index in [1.165, 1.54) is 0 Å². The minimum atomic E-state index is -1.82. The number of esters is 2. The van der Waals surface area contributed by atoms with Crippen LogP contribution in [0.1, 0.15) is 78.6 Å². The van der Waals surface area contributed by atoms with E-state index in [0.29, 0.717) is 51.4 Å². The first kappa shape index (κ1) is 45.1. The van der Waals surface area contributed by atoms with Crippen LogP contribution >= 0.6 is 0 Å². The standard InChI is InChI=1S/C40H62O19/c1-17-12-39-10-6-22-37(3,8-5-9-38(22,4)36(52)58-34-31(53-18(2)44)28(49)25(46)20(14-42)55-34)23(39)7-11-40(17,16-39)59-35-32(29(50)26(47)21(15-43)56-35)57-33-30(51)27(48)24(45)19(13-41)54-33/h19-35,41-43,45-51H,1,5-16H2,2-4H3/t19-,20-,21-,22+,23+,24-,25-,26-,27+,28+,29+,30-,31-,32-,33+,34+,35+,37-,38-,39-,40+/m1/s1. The maximum Gasteiger partial charge on any atom is 0.314 e. The number of ether oxygens (including phenoxy) is 7. The molecular formula is C40H62O19. The minimum Gasteiger partial charge on any atom is -0.453 e. The van der Waals surface area contributed by atoms with Crippen LogP contribution in [-0.2, 0) is 42.7 Å². The normalized spacial score (nSPS) is 52.3. The second kappa shape index (κ2) is 16.7. The molecule has 59 heavy (non-hydrogen) atoms. The average molecular weight is 847 g/mol. The molecule has 0 unspecified atom stereocenters. The lowest BCUT2D eigenvalue weighted by Gasteiger charge is -2.64. The number of aliphatic hydroxyl groups is 10. The fourth-order valence-electron chi connectivity index (χ4n) is 12.3. The Labute approximate surface area is 341 Å². The van der Waals surface area contributed by atoms with Crippen molar-refractivity contribution in [2.75, 3.05) is 19.8 Å². The Balaban J connectivity index is 1.11. The van der Waals surface area contributed by atoms with E-state index in [0.717, 1.165) is 18.9 Å². The van der Waals surface area contributed by atoms with Crippen molar-refractivity contribution >= 4 is 11.9 Å². The molecule has 7 rings (SSSR count). The topological polar surface area (TPSA) is 301 Å². The van der Waals surface area contributed by atoms with Gasteiger partial charge >= 0.3 is 11.9 Å². The molecule has 7 fully saturated rings. The molecule has 0 radical (unpaired) electrons. The molecule has 2 bridgehead atoms. The number of rotatable bonds is 10. The zero-order chi connectivity index (χ0) is 43.0. The van der Waals surface area contributed by atoms with E-state index in [2.05, 4.69) is 13.5 Å². The van der Waals surface area contributed by atoms with Crippen LogP contribution in [0.5, 0.6) is 0 Å². The van der Waals surface area contributed by atoms with Gasteiger partial charge in [0.2, 0.25) is 6.29 Å². The highest BCUT2D eigenvalue weighted by atomic mass is 16.8. The number of hydrogen-bond acceptors (Lipinski definition) is 19. The number of carbonyl (C=O) groups excluding carboxylic acids is 2. The molecule has 10 N–H and O–H groups in total. The summed E-state index contributed by atoms with van der Waals surface area (Å²) in [5.41, 5.74) is -1.93. The van der Waals surface area contributed by atoms with Crippen LogP contribution in [0.15, 0.2) is 12.2 Å². The Bertz CT molecular complexity index is 1560. The fourth-order valence-corrected chi connectivity index (χ4v) is 12.3. The highest BCUT2D eigenvalue weighted by molar-refractivity contribution is 5.77. The van der Waals surface area contributed by atoms with Crippen molar-refractivity contribution in [3.05, 3.63) is 12.2 Å². The van der Waals surface area contributed by atoms with Crippen LogP contribution in [0.3, 0.4) is 0 Å². The lowest BCUT2D eigenvalue weighted by molar-refractivity contribution is -0.378. The van der Waals surface area contributed by atoms with Crippen LogP contribution in [-0.4, -0.2) is 181 Å². The summed E-state index contributed by atoms with van der Waals surface area (Å²) in [6.45, 7) is 7.59. The summed E-state index contributed by atoms with van der Waals surface area (Å²) in [4.78, 5) is 26.3. The van der Waals surface area contributed by atoms with Crippen LogP contribution in [0.2, 0.25) is 0 Å². The Morgan fingerprint density at radius 3 is 1.85 bits per heavy atom. The molecule has 19 heteroatoms. The molecule has 19 nitrogen and oxygen atoms in total. The largest absolute Gasteiger partial charge is 0.453 e. The smallest absolute Gasteiger partial charge is 0.314 e. The second-order valence-corrected chi connectivity index (χ2v) is 18.6. The summed E-state index contributed by atoms with van der Waals surface area (Å²) in [6.07, 6.45) is -18.0. The zero-order valence-electron chi connectivity index (χ0n) is 33.7. The van der Waals surface area contributed by atoms with Gasteiger partial charge in [-0.25, -0.2) is 0 Å². The quantitative estimate of drug-likeness (QED) is 0.0625. The van der Waals surface area contributed by atoms with E-state index in [-0.39, 0.29) is 22.7 Å². The van der Waals surface area contributed by atoms with Gasteiger partial charge in [-0.2, -0.15) is 0 Å². The van der Waals surface area contributed by atoms with Gasteiger partial charge in [-0.15, -0.1) is 0 Å². The number of carbonyl (C=O) groups is 2. The molecule has 3 saturated heterocycles. The van der Waals surface area contributed by atoms with Crippen molar-refractivity contribution in [2.45, 2.75) is 176 Å². The van der Waals surface area contributed by atoms with Gasteiger partial charge in [-0.1, -0.05) is 19.9 Å². The van der Waals surface area contributed by atoms with Crippen molar-refractivity contribution in [1.29, 1.82) is 0 Å². The van der Waals surface area contributed by atoms with Gasteiger partial charge in [0.15, 0.2) is 18.7 Å². The van der Waals surface area contributed by atoms with E-state index in [1.807, 2.05) is 6.92 Å². The van der Waals surface area contributed by atoms with Crippen LogP contribution in [0, 0.1) is 28.1 Å². The Morgan fingerprint density at radius 2 is 1.24 bits per heavy atom. The zero-order valence-corrected chi connectivity index (χ0v) is 33.7. The number of fused-ring (bicyclic) bond motifs is 3. The predicted molar refractivity (Wildman–Crippen MR) is 196 cm³/mol. The summed E-state index contributed by atoms with van der Waals surface area (Å²) < 4.78 is 41.2. The third kappa shape index (κ3) is 7.48. The molecule has 3 heterocycles. The monoisotopic (exact) mass is 846 g/mol. The predicted octanol–water partition coefficient (Wildman–Crippen LogP) is -2.37. The van der Waals surface area contributed by atoms with Crippen LogP contribution < -0.4 is 0 Å². The Hall–Kier alpha value is -1.92. The van der Waals surface area contributed by atoms with Crippen LogP contribution in [0.25, 0.3) is 0 Å². The molecule has 4 saturated carbocycles. The van der Waals surface area contributed by atoms with E-state index in [9.17, 15) is 60.7 Å². The fraction of sp³-hybridized carbons (Fsp3) is 0.900. The summed E-state index contributed by atoms with van der Waals surface area (Å²) in [6, 6.07) is 0. The van der Waals surface area contributed by atoms with Crippen molar-refractivity contribution in [1.82, 2.24) is 0 Å². The SMILES string of the molecule is C=C1C[C@@]23CC[C@H]4[C@@](C)(CCC[C@@]4(C)C(=O)O[C@@H]4O[C@H](CO)[C@@H](O)[C@H](O)[C@H]4OC(C)=O)[C@@H]2CC[C@]1(O[C@@H]1O[C@H](CO)[C@@H](O)[C@H](O)[C@H]1O[C@@H]1O[C@H](CO)[C@@H](O)[C@H](O)[C@H]1O)C3. The third-order valence-electron chi connectivity index (χ3n) is 15.2. The highest BCUT2D eigenvalue weighted by Gasteiger charge is 2.69. The first-order chi connectivity index (χ1) is 27.8. The molecule has 0 aromatic heterocycles. The minimum absolute atomic E-state index is 0.0960. The maximum atomic E-state index is 14.4. The van der Waals surface area contributed by atoms with Crippen LogP contribution in [0.4, 0.5) is 0 Å². The van der Waals surface area contributed by atoms with Gasteiger partial charge in [0.05, 0.1) is 30.8 Å². The molecule has 0 aromatic rings. The summed E-state index contributed by atoms with van der Waals surface area (Å²) >= 11 is 0. The van der Waals surface area contributed by atoms with E-state index >= 15 is 0 Å². The van der Waals surface area contributed by atoms with Gasteiger partial charge in [-0.05, 0) is 86.5 Å². The maximum absolute atomic E-state index is 14.4. The first-order valence-corrected chi connectivity index (χ1v) is 20.7. The van der Waals surface area contributed by atoms with Gasteiger partial charge < -0.3 is 84.2 Å². The number of hydrogen-bond donors (Lipinski definition) is 10. The molecule has 3 aliphatic heterocycles. The molecular weight excluding hydrogens is 784 g/mol. The third-order valence-corrected chi connectivity index (χ3v) is 15.2. The molecule has 0 amide bonds. The van der Waals surface area contributed by atoms with Gasteiger partial charge in [0.25, 0.3) is 0 Å². The first-order valence-electron chi connectivity index (χ1n) is 20.7. The summed E-state index contributed by atoms with van der Waals surface area (Å²) in [7, 11) is 0. The Morgan fingerprint density at radius 1 is 0.678 bits per heavy atom. The van der Waals surface area contributed by atoms with Crippen molar-refractivity contribution in [3.63, 3.8) is 0 Å². The molecule has 0 aromatic carbocycles. The number of aliphatic hydroxyl groups excluding tert-OH is 10. The van der Waals surface area contributed by atoms with Crippen molar-refractivity contribution < 1.29 is 93.8 Å². The molecule has 1 spiro atoms. The molecule has 21 atom stereocenters. The summed E-state index contributed by atoms with van der Waals surface area (Å²) in [5.74, 6) is -1.45. The summed E-state index contributed by atoms with van der Waals surface area (Å²) in [5, 5.41) is 104. The lowest BCUT2D eigenvalue weighted by Crippen LogP contribution is -2.65. The van der Waals surface area contributed by atoms with E-state index in [1.54, 1.807) is 0 Å². The molecule has 4 aliphatic carbocycles. The average Bonchev–Trinajstić information content (AvgIpc) is 3.39. The Kier molecular flexibility index (Phi) is 12.7. The van der Waals surface area contributed by atoms with Gasteiger partial charge in [-0.3, -0.25) is 9.59 Å². The van der Waals surface area contributed by atoms with Crippen molar-refractivity contribution in [3.8, 4) is 0 Å². The molecule has 7 aliphatic rings. The highest BCUT2D eigenvalue weighted by Crippen LogP contribution is 2.73. The van der Waals surface area contributed by atoms with E-state index < -0.39 is 135 Å². The molecule has 336 valence electrons. The van der Waals surface area contributed by atoms with Gasteiger partial charge in [0, 0.05) is 6.92 Å². The second-order valence-electron chi connectivity index (χ2n) is 18.6. The lowest BCUT2D eigenvalue weighted by atomic mass is 9.41. The van der Waals surface area contributed by atoms with Gasteiger partial charge in [0.1, 0.15) is 67.1 Å². The van der Waals surface area contributed by atoms with E-state index in [4.69, 9.17) is 33.2 Å². The van der Waals surface area contributed by atoms with Crippen molar-refractivity contribution in [2.24, 2.45) is 28.1 Å².